The van der Waals surface area contributed by atoms with Crippen LogP contribution in [0.3, 0.4) is 0 Å². The average molecular weight is 377 g/mol. The summed E-state index contributed by atoms with van der Waals surface area (Å²) in [6.07, 6.45) is 8.37. The minimum atomic E-state index is -0.407. The molecule has 0 aromatic carbocycles. The molecule has 0 N–H and O–H groups in total. The van der Waals surface area contributed by atoms with Crippen LogP contribution in [0.5, 0.6) is 0 Å². The van der Waals surface area contributed by atoms with Crippen molar-refractivity contribution < 1.29 is 14.3 Å². The van der Waals surface area contributed by atoms with Crippen LogP contribution in [0.25, 0.3) is 0 Å². The highest BCUT2D eigenvalue weighted by molar-refractivity contribution is 5.76. The van der Waals surface area contributed by atoms with Gasteiger partial charge in [0.1, 0.15) is 11.4 Å². The van der Waals surface area contributed by atoms with Gasteiger partial charge in [-0.2, -0.15) is 0 Å². The standard InChI is InChI=1S/C20H32N4O3/c1-4-6-16(3)24-15-20(27-19(24)26)8-12-23(13-9-20)18(25)7-11-22-14-10-21-17(22)5-2/h10,14,16H,4-9,11-13,15H2,1-3H3/t16-/m0/s1. The number of carbonyl (C=O) groups is 2. The van der Waals surface area contributed by atoms with Gasteiger partial charge in [0.05, 0.1) is 6.54 Å². The van der Waals surface area contributed by atoms with E-state index in [0.29, 0.717) is 32.6 Å². The van der Waals surface area contributed by atoms with E-state index < -0.39 is 5.60 Å². The van der Waals surface area contributed by atoms with Crippen LogP contribution < -0.4 is 0 Å². The number of nitrogens with zero attached hydrogens (tertiary/aromatic N) is 4. The van der Waals surface area contributed by atoms with Gasteiger partial charge in [0, 0.05) is 63.8 Å². The first-order chi connectivity index (χ1) is 13.0. The quantitative estimate of drug-likeness (QED) is 0.734. The van der Waals surface area contributed by atoms with Crippen molar-refractivity contribution in [3.63, 3.8) is 0 Å². The van der Waals surface area contributed by atoms with Gasteiger partial charge in [-0.05, 0) is 13.3 Å². The van der Waals surface area contributed by atoms with E-state index in [0.717, 1.165) is 37.9 Å². The van der Waals surface area contributed by atoms with Crippen LogP contribution in [-0.2, 0) is 22.5 Å². The Labute approximate surface area is 161 Å². The van der Waals surface area contributed by atoms with Crippen LogP contribution in [-0.4, -0.2) is 62.6 Å². The smallest absolute Gasteiger partial charge is 0.410 e. The predicted molar refractivity (Wildman–Crippen MR) is 102 cm³/mol. The Hall–Kier alpha value is -2.05. The van der Waals surface area contributed by atoms with Gasteiger partial charge in [0.2, 0.25) is 5.91 Å². The SMILES string of the molecule is CCC[C@H](C)N1CC2(CCN(C(=O)CCn3ccnc3CC)CC2)OC1=O. The molecular formula is C20H32N4O3. The summed E-state index contributed by atoms with van der Waals surface area (Å²) in [4.78, 5) is 33.0. The topological polar surface area (TPSA) is 67.7 Å². The summed E-state index contributed by atoms with van der Waals surface area (Å²) in [6, 6.07) is 0.212. The molecule has 2 saturated heterocycles. The number of likely N-dealkylation sites (tertiary alicyclic amines) is 1. The van der Waals surface area contributed by atoms with E-state index in [2.05, 4.69) is 30.3 Å². The van der Waals surface area contributed by atoms with E-state index in [1.54, 1.807) is 6.20 Å². The van der Waals surface area contributed by atoms with Crippen molar-refractivity contribution in [1.29, 1.82) is 0 Å². The van der Waals surface area contributed by atoms with Crippen LogP contribution in [0, 0.1) is 0 Å². The summed E-state index contributed by atoms with van der Waals surface area (Å²) in [5.74, 6) is 1.18. The Morgan fingerprint density at radius 3 is 2.74 bits per heavy atom. The minimum absolute atomic E-state index is 0.168. The first kappa shape index (κ1) is 19.7. The molecule has 0 bridgehead atoms. The van der Waals surface area contributed by atoms with Crippen LogP contribution in [0.1, 0.15) is 58.7 Å². The molecule has 0 saturated carbocycles. The number of piperidine rings is 1. The second-order valence-electron chi connectivity index (χ2n) is 7.84. The summed E-state index contributed by atoms with van der Waals surface area (Å²) in [7, 11) is 0. The number of aromatic nitrogens is 2. The number of carbonyl (C=O) groups excluding carboxylic acids is 2. The number of ether oxygens (including phenoxy) is 1. The third-order valence-corrected chi connectivity index (χ3v) is 5.95. The van der Waals surface area contributed by atoms with Crippen molar-refractivity contribution >= 4 is 12.0 Å². The molecule has 1 atom stereocenters. The number of hydrogen-bond donors (Lipinski definition) is 0. The van der Waals surface area contributed by atoms with Gasteiger partial charge < -0.3 is 19.1 Å². The lowest BCUT2D eigenvalue weighted by molar-refractivity contribution is -0.134. The Morgan fingerprint density at radius 1 is 1.33 bits per heavy atom. The molecule has 2 fully saturated rings. The van der Waals surface area contributed by atoms with Gasteiger partial charge in [0.15, 0.2) is 0 Å². The molecule has 7 heteroatoms. The molecule has 1 spiro atoms. The Kier molecular flexibility index (Phi) is 6.07. The van der Waals surface area contributed by atoms with E-state index in [9.17, 15) is 9.59 Å². The zero-order valence-electron chi connectivity index (χ0n) is 16.8. The number of hydrogen-bond acceptors (Lipinski definition) is 4. The maximum atomic E-state index is 12.6. The molecule has 3 heterocycles. The lowest BCUT2D eigenvalue weighted by atomic mass is 9.90. The van der Waals surface area contributed by atoms with Gasteiger partial charge in [-0.3, -0.25) is 4.79 Å². The highest BCUT2D eigenvalue weighted by atomic mass is 16.6. The minimum Gasteiger partial charge on any atom is -0.441 e. The van der Waals surface area contributed by atoms with Crippen molar-refractivity contribution in [2.45, 2.75) is 77.5 Å². The monoisotopic (exact) mass is 376 g/mol. The highest BCUT2D eigenvalue weighted by Gasteiger charge is 2.48. The molecule has 2 aliphatic heterocycles. The molecule has 0 unspecified atom stereocenters. The molecule has 7 nitrogen and oxygen atoms in total. The molecule has 0 radical (unpaired) electrons. The van der Waals surface area contributed by atoms with Crippen molar-refractivity contribution in [3.05, 3.63) is 18.2 Å². The van der Waals surface area contributed by atoms with Gasteiger partial charge >= 0.3 is 6.09 Å². The summed E-state index contributed by atoms with van der Waals surface area (Å²) >= 11 is 0. The summed E-state index contributed by atoms with van der Waals surface area (Å²) in [5, 5.41) is 0. The molecular weight excluding hydrogens is 344 g/mol. The van der Waals surface area contributed by atoms with Crippen molar-refractivity contribution in [3.8, 4) is 0 Å². The Balaban J connectivity index is 1.50. The molecule has 150 valence electrons. The number of rotatable bonds is 7. The fourth-order valence-corrected chi connectivity index (χ4v) is 4.22. The molecule has 2 amide bonds. The largest absolute Gasteiger partial charge is 0.441 e. The highest BCUT2D eigenvalue weighted by Crippen LogP contribution is 2.34. The van der Waals surface area contributed by atoms with Gasteiger partial charge in [-0.25, -0.2) is 9.78 Å². The second kappa shape index (κ2) is 8.31. The molecule has 2 aliphatic rings. The summed E-state index contributed by atoms with van der Waals surface area (Å²) < 4.78 is 7.83. The lowest BCUT2D eigenvalue weighted by Gasteiger charge is -2.37. The predicted octanol–water partition coefficient (Wildman–Crippen LogP) is 2.84. The molecule has 0 aliphatic carbocycles. The van der Waals surface area contributed by atoms with E-state index in [-0.39, 0.29) is 18.0 Å². The fraction of sp³-hybridized carbons (Fsp3) is 0.750. The van der Waals surface area contributed by atoms with Gasteiger partial charge in [-0.1, -0.05) is 20.3 Å². The number of amides is 2. The number of aryl methyl sites for hydroxylation is 2. The Morgan fingerprint density at radius 2 is 2.07 bits per heavy atom. The lowest BCUT2D eigenvalue weighted by Crippen LogP contribution is -2.49. The zero-order chi connectivity index (χ0) is 19.4. The molecule has 3 rings (SSSR count). The fourth-order valence-electron chi connectivity index (χ4n) is 4.22. The molecule has 1 aromatic heterocycles. The first-order valence-corrected chi connectivity index (χ1v) is 10.3. The van der Waals surface area contributed by atoms with Gasteiger partial charge in [-0.15, -0.1) is 0 Å². The van der Waals surface area contributed by atoms with Crippen molar-refractivity contribution in [2.75, 3.05) is 19.6 Å². The summed E-state index contributed by atoms with van der Waals surface area (Å²) in [6.45, 7) is 8.93. The Bertz CT molecular complexity index is 664. The van der Waals surface area contributed by atoms with Crippen LogP contribution in [0.4, 0.5) is 4.79 Å². The second-order valence-corrected chi connectivity index (χ2v) is 7.84. The first-order valence-electron chi connectivity index (χ1n) is 10.3. The summed E-state index contributed by atoms with van der Waals surface area (Å²) in [5.41, 5.74) is -0.407. The normalized spacial score (nSPS) is 20.2. The van der Waals surface area contributed by atoms with E-state index in [1.807, 2.05) is 16.0 Å². The van der Waals surface area contributed by atoms with Crippen molar-refractivity contribution in [1.82, 2.24) is 19.4 Å². The average Bonchev–Trinajstić information content (AvgIpc) is 3.24. The number of imidazole rings is 1. The maximum absolute atomic E-state index is 12.6. The third-order valence-electron chi connectivity index (χ3n) is 5.95. The van der Waals surface area contributed by atoms with Crippen LogP contribution in [0.2, 0.25) is 0 Å². The maximum Gasteiger partial charge on any atom is 0.410 e. The third kappa shape index (κ3) is 4.28. The zero-order valence-corrected chi connectivity index (χ0v) is 16.8. The molecule has 27 heavy (non-hydrogen) atoms. The van der Waals surface area contributed by atoms with E-state index >= 15 is 0 Å². The van der Waals surface area contributed by atoms with Crippen LogP contribution >= 0.6 is 0 Å². The van der Waals surface area contributed by atoms with Crippen LogP contribution in [0.15, 0.2) is 12.4 Å². The van der Waals surface area contributed by atoms with Crippen molar-refractivity contribution in [2.24, 2.45) is 0 Å². The van der Waals surface area contributed by atoms with E-state index in [4.69, 9.17) is 4.74 Å². The van der Waals surface area contributed by atoms with Gasteiger partial charge in [0.25, 0.3) is 0 Å². The van der Waals surface area contributed by atoms with E-state index in [1.165, 1.54) is 0 Å². The molecule has 1 aromatic rings.